The second kappa shape index (κ2) is 10.0. The Labute approximate surface area is 203 Å². The van der Waals surface area contributed by atoms with Crippen LogP contribution in [0.2, 0.25) is 5.02 Å². The largest absolute Gasteiger partial charge is 0.507 e. The lowest BCUT2D eigenvalue weighted by Gasteiger charge is -2.25. The normalized spacial score (nSPS) is 17.1. The number of Topliss-reactive ketones (excluding diaryl/α,β-unsaturated/α-hetero) is 1. The number of ether oxygens (including phenoxy) is 2. The Balaban J connectivity index is 1.80. The maximum Gasteiger partial charge on any atom is 0.295 e. The summed E-state index contributed by atoms with van der Waals surface area (Å²) in [7, 11) is 1.56. The molecule has 0 saturated carbocycles. The fourth-order valence-electron chi connectivity index (χ4n) is 4.02. The predicted octanol–water partition coefficient (Wildman–Crippen LogP) is 5.37. The fourth-order valence-corrected chi connectivity index (χ4v) is 4.21. The Hall–Kier alpha value is -3.77. The van der Waals surface area contributed by atoms with Crippen molar-refractivity contribution < 1.29 is 24.2 Å². The van der Waals surface area contributed by atoms with Crippen LogP contribution in [0, 0.1) is 0 Å². The number of benzene rings is 3. The van der Waals surface area contributed by atoms with Crippen molar-refractivity contribution in [1.82, 2.24) is 4.90 Å². The summed E-state index contributed by atoms with van der Waals surface area (Å²) in [6.45, 7) is 2.64. The van der Waals surface area contributed by atoms with Crippen LogP contribution in [0.4, 0.5) is 0 Å². The second-order valence-electron chi connectivity index (χ2n) is 7.79. The second-order valence-corrected chi connectivity index (χ2v) is 8.22. The smallest absolute Gasteiger partial charge is 0.295 e. The Bertz CT molecular complexity index is 1230. The third-order valence-electron chi connectivity index (χ3n) is 5.66. The monoisotopic (exact) mass is 477 g/mol. The average molecular weight is 478 g/mol. The van der Waals surface area contributed by atoms with Crippen LogP contribution >= 0.6 is 11.6 Å². The first-order valence-corrected chi connectivity index (χ1v) is 11.2. The van der Waals surface area contributed by atoms with Gasteiger partial charge in [0.25, 0.3) is 11.7 Å². The van der Waals surface area contributed by atoms with Gasteiger partial charge in [-0.15, -0.1) is 0 Å². The van der Waals surface area contributed by atoms with Gasteiger partial charge in [0.15, 0.2) is 0 Å². The number of aliphatic hydroxyl groups is 1. The molecule has 1 aliphatic rings. The lowest BCUT2D eigenvalue weighted by molar-refractivity contribution is -0.140. The van der Waals surface area contributed by atoms with Crippen LogP contribution in [0.5, 0.6) is 11.5 Å². The van der Waals surface area contributed by atoms with Crippen LogP contribution < -0.4 is 9.47 Å². The number of carbonyl (C=O) groups is 2. The molecule has 1 atom stereocenters. The molecule has 1 amide bonds. The molecule has 6 nitrogen and oxygen atoms in total. The van der Waals surface area contributed by atoms with E-state index in [9.17, 15) is 14.7 Å². The molecule has 1 aliphatic heterocycles. The van der Waals surface area contributed by atoms with Crippen LogP contribution in [-0.2, 0) is 16.1 Å². The van der Waals surface area contributed by atoms with Gasteiger partial charge in [0.1, 0.15) is 17.3 Å². The topological polar surface area (TPSA) is 76.1 Å². The minimum absolute atomic E-state index is 0.0170. The zero-order valence-electron chi connectivity index (χ0n) is 18.8. The highest BCUT2D eigenvalue weighted by atomic mass is 35.5. The van der Waals surface area contributed by atoms with E-state index in [4.69, 9.17) is 21.1 Å². The van der Waals surface area contributed by atoms with Gasteiger partial charge in [0.05, 0.1) is 25.3 Å². The molecule has 0 spiro atoms. The minimum atomic E-state index is -0.781. The van der Waals surface area contributed by atoms with Crippen LogP contribution in [0.25, 0.3) is 5.76 Å². The van der Waals surface area contributed by atoms with Gasteiger partial charge in [-0.25, -0.2) is 0 Å². The number of likely N-dealkylation sites (tertiary alicyclic amines) is 1. The van der Waals surface area contributed by atoms with Gasteiger partial charge in [0.2, 0.25) is 0 Å². The summed E-state index contributed by atoms with van der Waals surface area (Å²) < 4.78 is 10.7. The maximum absolute atomic E-state index is 13.2. The van der Waals surface area contributed by atoms with Crippen molar-refractivity contribution in [3.8, 4) is 11.5 Å². The molecule has 1 heterocycles. The first-order chi connectivity index (χ1) is 16.4. The number of carbonyl (C=O) groups excluding carboxylic acids is 2. The lowest BCUT2D eigenvalue weighted by atomic mass is 9.95. The van der Waals surface area contributed by atoms with Gasteiger partial charge in [-0.05, 0) is 54.4 Å². The van der Waals surface area contributed by atoms with Crippen molar-refractivity contribution in [1.29, 1.82) is 0 Å². The number of nitrogens with zero attached hydrogens (tertiary/aromatic N) is 1. The number of ketones is 1. The van der Waals surface area contributed by atoms with E-state index >= 15 is 0 Å². The third-order valence-corrected chi connectivity index (χ3v) is 5.89. The van der Waals surface area contributed by atoms with Crippen LogP contribution in [0.3, 0.4) is 0 Å². The Kier molecular flexibility index (Phi) is 6.89. The molecule has 0 aliphatic carbocycles. The van der Waals surface area contributed by atoms with E-state index in [1.165, 1.54) is 4.90 Å². The van der Waals surface area contributed by atoms with E-state index in [1.807, 2.05) is 31.2 Å². The van der Waals surface area contributed by atoms with Gasteiger partial charge in [0, 0.05) is 17.1 Å². The van der Waals surface area contributed by atoms with E-state index in [0.717, 1.165) is 11.3 Å². The molecular weight excluding hydrogens is 454 g/mol. The van der Waals surface area contributed by atoms with Gasteiger partial charge < -0.3 is 19.5 Å². The number of amides is 1. The lowest BCUT2D eigenvalue weighted by Crippen LogP contribution is -2.29. The van der Waals surface area contributed by atoms with E-state index in [1.54, 1.807) is 55.6 Å². The predicted molar refractivity (Wildman–Crippen MR) is 130 cm³/mol. The van der Waals surface area contributed by atoms with Crippen LogP contribution in [-0.4, -0.2) is 35.4 Å². The summed E-state index contributed by atoms with van der Waals surface area (Å²) in [4.78, 5) is 27.8. The molecule has 34 heavy (non-hydrogen) atoms. The van der Waals surface area contributed by atoms with Gasteiger partial charge in [-0.3, -0.25) is 9.59 Å². The summed E-state index contributed by atoms with van der Waals surface area (Å²) in [5.74, 6) is -0.332. The highest BCUT2D eigenvalue weighted by Crippen LogP contribution is 2.41. The van der Waals surface area contributed by atoms with E-state index < -0.39 is 17.7 Å². The van der Waals surface area contributed by atoms with Crippen molar-refractivity contribution in [2.24, 2.45) is 0 Å². The molecule has 4 rings (SSSR count). The van der Waals surface area contributed by atoms with Crippen LogP contribution in [0.15, 0.2) is 78.4 Å². The average Bonchev–Trinajstić information content (AvgIpc) is 3.10. The maximum atomic E-state index is 13.2. The molecule has 0 bridgehead atoms. The van der Waals surface area contributed by atoms with Crippen molar-refractivity contribution in [2.45, 2.75) is 19.5 Å². The quantitative estimate of drug-likeness (QED) is 0.281. The molecule has 0 radical (unpaired) electrons. The van der Waals surface area contributed by atoms with E-state index in [0.29, 0.717) is 28.5 Å². The van der Waals surface area contributed by atoms with Crippen LogP contribution in [0.1, 0.15) is 29.7 Å². The number of hydrogen-bond acceptors (Lipinski definition) is 5. The molecule has 3 aromatic rings. The Morgan fingerprint density at radius 2 is 1.68 bits per heavy atom. The number of methoxy groups -OCH3 is 1. The molecule has 1 N–H and O–H groups in total. The summed E-state index contributed by atoms with van der Waals surface area (Å²) in [5, 5.41) is 11.5. The zero-order valence-corrected chi connectivity index (χ0v) is 19.6. The summed E-state index contributed by atoms with van der Waals surface area (Å²) in [6, 6.07) is 20.2. The number of aliphatic hydroxyl groups excluding tert-OH is 1. The van der Waals surface area contributed by atoms with Gasteiger partial charge in [-0.1, -0.05) is 48.0 Å². The molecule has 1 fully saturated rings. The third kappa shape index (κ3) is 4.63. The first kappa shape index (κ1) is 23.4. The molecule has 174 valence electrons. The van der Waals surface area contributed by atoms with Gasteiger partial charge in [-0.2, -0.15) is 0 Å². The van der Waals surface area contributed by atoms with Crippen molar-refractivity contribution in [3.63, 3.8) is 0 Å². The molecule has 0 aromatic heterocycles. The van der Waals surface area contributed by atoms with Crippen molar-refractivity contribution >= 4 is 29.1 Å². The SMILES string of the molecule is CCOc1ccc(CN2C(=O)C(=O)/C(=C(\O)c3cccc(Cl)c3)C2c2ccc(OC)cc2)cc1. The summed E-state index contributed by atoms with van der Waals surface area (Å²) >= 11 is 6.10. The Morgan fingerprint density at radius 1 is 1.00 bits per heavy atom. The molecule has 1 unspecified atom stereocenters. The Morgan fingerprint density at radius 3 is 2.29 bits per heavy atom. The molecule has 1 saturated heterocycles. The highest BCUT2D eigenvalue weighted by Gasteiger charge is 2.46. The van der Waals surface area contributed by atoms with Crippen molar-refractivity contribution in [2.75, 3.05) is 13.7 Å². The van der Waals surface area contributed by atoms with Crippen molar-refractivity contribution in [3.05, 3.63) is 100 Å². The zero-order chi connectivity index (χ0) is 24.2. The number of halogens is 1. The standard InChI is InChI=1S/C27H24ClNO5/c1-3-34-22-11-7-17(8-12-22)16-29-24(18-9-13-21(33-2)14-10-18)23(26(31)27(29)32)25(30)19-5-4-6-20(28)15-19/h4-15,24,30H,3,16H2,1-2H3/b25-23-. The number of rotatable bonds is 7. The molecular formula is C27H24ClNO5. The van der Waals surface area contributed by atoms with E-state index in [2.05, 4.69) is 0 Å². The molecule has 3 aromatic carbocycles. The summed E-state index contributed by atoms with van der Waals surface area (Å²) in [5.41, 5.74) is 1.88. The molecule has 7 heteroatoms. The summed E-state index contributed by atoms with van der Waals surface area (Å²) in [6.07, 6.45) is 0. The highest BCUT2D eigenvalue weighted by molar-refractivity contribution is 6.46. The first-order valence-electron chi connectivity index (χ1n) is 10.8. The number of hydrogen-bond donors (Lipinski definition) is 1. The van der Waals surface area contributed by atoms with Gasteiger partial charge >= 0.3 is 0 Å². The fraction of sp³-hybridized carbons (Fsp3) is 0.185. The van der Waals surface area contributed by atoms with E-state index in [-0.39, 0.29) is 17.9 Å². The minimum Gasteiger partial charge on any atom is -0.507 e.